The van der Waals surface area contributed by atoms with E-state index in [0.717, 1.165) is 17.1 Å². The van der Waals surface area contributed by atoms with Gasteiger partial charge in [0, 0.05) is 17.1 Å². The molecular formula is C61H42BN. The lowest BCUT2D eigenvalue weighted by Gasteiger charge is -2.43. The minimum absolute atomic E-state index is 0.0385. The number of anilines is 3. The summed E-state index contributed by atoms with van der Waals surface area (Å²) in [4.78, 5) is 2.39. The van der Waals surface area contributed by atoms with E-state index in [2.05, 4.69) is 260 Å². The van der Waals surface area contributed by atoms with Gasteiger partial charge in [-0.05, 0) is 102 Å². The molecule has 0 amide bonds. The highest BCUT2D eigenvalue weighted by molar-refractivity contribution is 6.99. The minimum atomic E-state index is -0.646. The summed E-state index contributed by atoms with van der Waals surface area (Å²) in [6, 6.07) is 94.4. The predicted molar refractivity (Wildman–Crippen MR) is 268 cm³/mol. The Labute approximate surface area is 369 Å². The van der Waals surface area contributed by atoms with Crippen LogP contribution in [0.5, 0.6) is 0 Å². The highest BCUT2D eigenvalue weighted by atomic mass is 15.1. The fourth-order valence-electron chi connectivity index (χ4n) is 10.9. The van der Waals surface area contributed by atoms with Gasteiger partial charge < -0.3 is 4.90 Å². The second-order valence-electron chi connectivity index (χ2n) is 16.7. The van der Waals surface area contributed by atoms with Crippen molar-refractivity contribution < 1.29 is 0 Å². The van der Waals surface area contributed by atoms with Gasteiger partial charge in [-0.15, -0.1) is 0 Å². The quantitative estimate of drug-likeness (QED) is 0.138. The van der Waals surface area contributed by atoms with Gasteiger partial charge in [0.1, 0.15) is 0 Å². The first-order valence-electron chi connectivity index (χ1n) is 22.0. The summed E-state index contributed by atoms with van der Waals surface area (Å²) in [7, 11) is 0. The molecule has 294 valence electrons. The lowest BCUT2D eigenvalue weighted by molar-refractivity contribution is 0.750. The summed E-state index contributed by atoms with van der Waals surface area (Å²) >= 11 is 0. The van der Waals surface area contributed by atoms with E-state index < -0.39 is 5.41 Å². The summed E-state index contributed by atoms with van der Waals surface area (Å²) in [6.07, 6.45) is 0. The standard InChI is InChI=1S/C61H42BN/c1-5-24-45(25-6-1)61(46-26-7-2-8-27-46)55-35-19-34-54-59(62(57-36-17-22-43-20-13-15-32-50(43)57)58-37-18-23-44-21-14-16-33-51(44)58)41-40-53(60(54)55)52-39-38-49(42-56(52)61)63(47-28-9-3-10-29-47)48-30-11-4-12-31-48/h1-42H. The Balaban J connectivity index is 1.20. The van der Waals surface area contributed by atoms with Crippen molar-refractivity contribution in [3.63, 3.8) is 0 Å². The Morgan fingerprint density at radius 3 is 1.32 bits per heavy atom. The van der Waals surface area contributed by atoms with Gasteiger partial charge >= 0.3 is 0 Å². The molecule has 1 aliphatic rings. The summed E-state index contributed by atoms with van der Waals surface area (Å²) < 4.78 is 0. The van der Waals surface area contributed by atoms with Gasteiger partial charge in [-0.3, -0.25) is 0 Å². The molecule has 0 spiro atoms. The molecule has 12 rings (SSSR count). The van der Waals surface area contributed by atoms with Crippen molar-refractivity contribution in [2.24, 2.45) is 0 Å². The van der Waals surface area contributed by atoms with Crippen molar-refractivity contribution in [1.29, 1.82) is 0 Å². The molecule has 0 N–H and O–H groups in total. The lowest BCUT2D eigenvalue weighted by atomic mass is 9.35. The molecule has 2 heteroatoms. The van der Waals surface area contributed by atoms with Gasteiger partial charge in [-0.2, -0.15) is 0 Å². The van der Waals surface area contributed by atoms with Crippen LogP contribution in [-0.2, 0) is 5.41 Å². The largest absolute Gasteiger partial charge is 0.310 e. The third-order valence-corrected chi connectivity index (χ3v) is 13.5. The average molecular weight is 800 g/mol. The van der Waals surface area contributed by atoms with Crippen molar-refractivity contribution in [1.82, 2.24) is 0 Å². The fourth-order valence-corrected chi connectivity index (χ4v) is 10.9. The summed E-state index contributed by atoms with van der Waals surface area (Å²) in [6.45, 7) is -0.0385. The SMILES string of the molecule is c1ccc(N(c2ccccc2)c2ccc3c(c2)C(c2ccccc2)(c2ccccc2)c2cccc4c(B(c5cccc6ccccc56)c5cccc6ccccc56)ccc-3c24)cc1. The molecule has 0 unspecified atom stereocenters. The first-order chi connectivity index (χ1) is 31.3. The van der Waals surface area contributed by atoms with Crippen molar-refractivity contribution in [2.45, 2.75) is 5.41 Å². The first-order valence-corrected chi connectivity index (χ1v) is 22.0. The molecule has 0 heterocycles. The Morgan fingerprint density at radius 1 is 0.302 bits per heavy atom. The fraction of sp³-hybridized carbons (Fsp3) is 0.0164. The average Bonchev–Trinajstić information content (AvgIpc) is 3.36. The van der Waals surface area contributed by atoms with E-state index in [1.807, 2.05) is 0 Å². The summed E-state index contributed by atoms with van der Waals surface area (Å²) in [5, 5.41) is 7.63. The molecule has 11 aromatic carbocycles. The van der Waals surface area contributed by atoms with E-state index in [9.17, 15) is 0 Å². The van der Waals surface area contributed by atoms with Crippen LogP contribution in [0.15, 0.2) is 255 Å². The maximum Gasteiger partial charge on any atom is 0.243 e. The van der Waals surface area contributed by atoms with Crippen LogP contribution in [0.1, 0.15) is 22.3 Å². The van der Waals surface area contributed by atoms with Crippen LogP contribution in [0, 0.1) is 0 Å². The van der Waals surface area contributed by atoms with E-state index in [1.54, 1.807) is 0 Å². The zero-order chi connectivity index (χ0) is 41.7. The number of nitrogens with zero attached hydrogens (tertiary/aromatic N) is 1. The zero-order valence-electron chi connectivity index (χ0n) is 34.8. The molecule has 1 nitrogen and oxygen atoms in total. The molecule has 1 aliphatic carbocycles. The maximum absolute atomic E-state index is 2.47. The lowest BCUT2D eigenvalue weighted by Crippen LogP contribution is -2.53. The Kier molecular flexibility index (Phi) is 8.90. The number of rotatable bonds is 8. The van der Waals surface area contributed by atoms with Crippen LogP contribution >= 0.6 is 0 Å². The minimum Gasteiger partial charge on any atom is -0.310 e. The third kappa shape index (κ3) is 5.87. The van der Waals surface area contributed by atoms with Crippen LogP contribution in [0.3, 0.4) is 0 Å². The van der Waals surface area contributed by atoms with Crippen molar-refractivity contribution >= 4 is 72.5 Å². The number of hydrogen-bond acceptors (Lipinski definition) is 1. The molecular weight excluding hydrogens is 757 g/mol. The third-order valence-electron chi connectivity index (χ3n) is 13.5. The van der Waals surface area contributed by atoms with E-state index in [4.69, 9.17) is 0 Å². The van der Waals surface area contributed by atoms with Gasteiger partial charge in [-0.1, -0.05) is 235 Å². The molecule has 11 aromatic rings. The van der Waals surface area contributed by atoms with E-state index in [-0.39, 0.29) is 6.71 Å². The monoisotopic (exact) mass is 799 g/mol. The Morgan fingerprint density at radius 2 is 0.746 bits per heavy atom. The smallest absolute Gasteiger partial charge is 0.243 e. The summed E-state index contributed by atoms with van der Waals surface area (Å²) in [5.74, 6) is 0. The molecule has 0 fully saturated rings. The van der Waals surface area contributed by atoms with Gasteiger partial charge in [-0.25, -0.2) is 0 Å². The van der Waals surface area contributed by atoms with Crippen molar-refractivity contribution in [3.8, 4) is 11.1 Å². The highest BCUT2D eigenvalue weighted by Gasteiger charge is 2.45. The number of fused-ring (bicyclic) bond motifs is 4. The van der Waals surface area contributed by atoms with Gasteiger partial charge in [0.25, 0.3) is 0 Å². The molecule has 0 bridgehead atoms. The highest BCUT2D eigenvalue weighted by Crippen LogP contribution is 2.56. The Hall–Kier alpha value is -7.94. The topological polar surface area (TPSA) is 3.24 Å². The second kappa shape index (κ2) is 15.2. The van der Waals surface area contributed by atoms with E-state index >= 15 is 0 Å². The van der Waals surface area contributed by atoms with Gasteiger partial charge in [0.2, 0.25) is 6.71 Å². The Bertz CT molecular complexity index is 3290. The van der Waals surface area contributed by atoms with Crippen LogP contribution in [-0.4, -0.2) is 6.71 Å². The summed E-state index contributed by atoms with van der Waals surface area (Å²) in [5.41, 5.74) is 14.2. The molecule has 0 aliphatic heterocycles. The van der Waals surface area contributed by atoms with E-state index in [1.165, 1.54) is 82.1 Å². The van der Waals surface area contributed by atoms with Crippen LogP contribution < -0.4 is 21.3 Å². The normalized spacial score (nSPS) is 12.6. The van der Waals surface area contributed by atoms with Crippen LogP contribution in [0.2, 0.25) is 0 Å². The van der Waals surface area contributed by atoms with Crippen molar-refractivity contribution in [3.05, 3.63) is 277 Å². The molecule has 0 saturated heterocycles. The second-order valence-corrected chi connectivity index (χ2v) is 16.7. The predicted octanol–water partition coefficient (Wildman–Crippen LogP) is 13.5. The molecule has 0 radical (unpaired) electrons. The molecule has 63 heavy (non-hydrogen) atoms. The molecule has 0 aromatic heterocycles. The number of hydrogen-bond donors (Lipinski definition) is 0. The van der Waals surface area contributed by atoms with Gasteiger partial charge in [0.05, 0.1) is 5.41 Å². The first kappa shape index (κ1) is 36.9. The molecule has 0 saturated carbocycles. The van der Waals surface area contributed by atoms with Crippen LogP contribution in [0.4, 0.5) is 17.1 Å². The maximum atomic E-state index is 2.47. The molecule has 0 atom stereocenters. The van der Waals surface area contributed by atoms with Gasteiger partial charge in [0.15, 0.2) is 0 Å². The number of para-hydroxylation sites is 2. The van der Waals surface area contributed by atoms with E-state index in [0.29, 0.717) is 0 Å². The van der Waals surface area contributed by atoms with Crippen LogP contribution in [0.25, 0.3) is 43.4 Å². The van der Waals surface area contributed by atoms with Crippen molar-refractivity contribution in [2.75, 3.05) is 4.90 Å². The number of benzene rings is 11. The zero-order valence-corrected chi connectivity index (χ0v) is 34.8.